The van der Waals surface area contributed by atoms with Crippen molar-refractivity contribution in [3.05, 3.63) is 29.8 Å². The second-order valence-corrected chi connectivity index (χ2v) is 5.29. The van der Waals surface area contributed by atoms with Crippen LogP contribution in [0.5, 0.6) is 0 Å². The second kappa shape index (κ2) is 8.00. The van der Waals surface area contributed by atoms with E-state index in [1.54, 1.807) is 0 Å². The molecule has 1 aromatic carbocycles. The van der Waals surface area contributed by atoms with Crippen LogP contribution in [0.2, 0.25) is 0 Å². The van der Waals surface area contributed by atoms with E-state index in [9.17, 15) is 4.79 Å². The highest BCUT2D eigenvalue weighted by Gasteiger charge is 2.21. The maximum Gasteiger partial charge on any atom is 0.255 e. The molecule has 1 fully saturated rings. The molecule has 0 spiro atoms. The van der Waals surface area contributed by atoms with Gasteiger partial charge in [0.25, 0.3) is 5.91 Å². The van der Waals surface area contributed by atoms with E-state index in [1.807, 2.05) is 36.1 Å². The van der Waals surface area contributed by atoms with Crippen LogP contribution in [0.4, 0.5) is 5.69 Å². The molecule has 5 heteroatoms. The summed E-state index contributed by atoms with van der Waals surface area (Å²) in [6.45, 7) is 6.97. The van der Waals surface area contributed by atoms with Gasteiger partial charge in [0.1, 0.15) is 0 Å². The van der Waals surface area contributed by atoms with Crippen molar-refractivity contribution >= 4 is 11.6 Å². The summed E-state index contributed by atoms with van der Waals surface area (Å²) in [7, 11) is 0. The number of β-amino-alcohol motifs (C(OH)–C–C–N with tert-alkyl or cyclic N) is 1. The molecule has 21 heavy (non-hydrogen) atoms. The van der Waals surface area contributed by atoms with Gasteiger partial charge in [-0.3, -0.25) is 9.69 Å². The minimum atomic E-state index is 0.0948. The number of para-hydroxylation sites is 1. The zero-order chi connectivity index (χ0) is 15.1. The number of aliphatic hydroxyl groups is 1. The first-order chi connectivity index (χ1) is 10.3. The fraction of sp³-hybridized carbons (Fsp3) is 0.562. The lowest BCUT2D eigenvalue weighted by Gasteiger charge is -2.22. The molecule has 0 unspecified atom stereocenters. The van der Waals surface area contributed by atoms with Crippen molar-refractivity contribution in [2.45, 2.75) is 13.3 Å². The number of amides is 1. The third kappa shape index (κ3) is 4.19. The number of rotatable bonds is 5. The predicted octanol–water partition coefficient (Wildman–Crippen LogP) is 1.26. The summed E-state index contributed by atoms with van der Waals surface area (Å²) in [5.74, 6) is 0.0948. The zero-order valence-corrected chi connectivity index (χ0v) is 12.7. The van der Waals surface area contributed by atoms with Crippen molar-refractivity contribution in [1.29, 1.82) is 0 Å². The molecule has 2 N–H and O–H groups in total. The van der Waals surface area contributed by atoms with Crippen molar-refractivity contribution in [3.8, 4) is 0 Å². The average molecular weight is 291 g/mol. The smallest absolute Gasteiger partial charge is 0.255 e. The van der Waals surface area contributed by atoms with Crippen molar-refractivity contribution in [2.75, 3.05) is 51.2 Å². The number of hydrogen-bond donors (Lipinski definition) is 2. The largest absolute Gasteiger partial charge is 0.395 e. The number of carbonyl (C=O) groups is 1. The highest BCUT2D eigenvalue weighted by molar-refractivity contribution is 5.99. The Morgan fingerprint density at radius 1 is 1.24 bits per heavy atom. The van der Waals surface area contributed by atoms with Gasteiger partial charge in [-0.1, -0.05) is 12.1 Å². The van der Waals surface area contributed by atoms with E-state index in [2.05, 4.69) is 10.2 Å². The number of aliphatic hydroxyl groups excluding tert-OH is 1. The summed E-state index contributed by atoms with van der Waals surface area (Å²) < 4.78 is 0. The quantitative estimate of drug-likeness (QED) is 0.857. The number of nitrogens with zero attached hydrogens (tertiary/aromatic N) is 2. The molecule has 1 aromatic rings. The van der Waals surface area contributed by atoms with Crippen molar-refractivity contribution in [1.82, 2.24) is 9.80 Å². The van der Waals surface area contributed by atoms with Gasteiger partial charge in [-0.15, -0.1) is 0 Å². The molecule has 0 aromatic heterocycles. The molecule has 116 valence electrons. The van der Waals surface area contributed by atoms with Crippen LogP contribution in [-0.4, -0.2) is 66.7 Å². The molecule has 0 atom stereocenters. The van der Waals surface area contributed by atoms with E-state index in [0.717, 1.165) is 50.4 Å². The zero-order valence-electron chi connectivity index (χ0n) is 12.7. The monoisotopic (exact) mass is 291 g/mol. The van der Waals surface area contributed by atoms with Gasteiger partial charge in [0.2, 0.25) is 0 Å². The van der Waals surface area contributed by atoms with Crippen LogP contribution in [-0.2, 0) is 0 Å². The summed E-state index contributed by atoms with van der Waals surface area (Å²) >= 11 is 0. The molecular weight excluding hydrogens is 266 g/mol. The third-order valence-electron chi connectivity index (χ3n) is 3.82. The van der Waals surface area contributed by atoms with Gasteiger partial charge < -0.3 is 15.3 Å². The van der Waals surface area contributed by atoms with Crippen LogP contribution >= 0.6 is 0 Å². The predicted molar refractivity (Wildman–Crippen MR) is 84.7 cm³/mol. The fourth-order valence-corrected chi connectivity index (χ4v) is 2.72. The topological polar surface area (TPSA) is 55.8 Å². The first-order valence-corrected chi connectivity index (χ1v) is 7.71. The SMILES string of the molecule is CCNc1ccccc1C(=O)N1CCCN(CCO)CC1. The molecule has 1 amide bonds. The lowest BCUT2D eigenvalue weighted by Crippen LogP contribution is -2.36. The Bertz CT molecular complexity index is 465. The molecule has 0 aliphatic carbocycles. The number of hydrogen-bond acceptors (Lipinski definition) is 4. The number of nitrogens with one attached hydrogen (secondary N) is 1. The molecule has 2 rings (SSSR count). The van der Waals surface area contributed by atoms with Gasteiger partial charge in [0.15, 0.2) is 0 Å². The Kier molecular flexibility index (Phi) is 6.02. The Labute approximate surface area is 126 Å². The van der Waals surface area contributed by atoms with Gasteiger partial charge in [-0.2, -0.15) is 0 Å². The van der Waals surface area contributed by atoms with Gasteiger partial charge in [-0.25, -0.2) is 0 Å². The Hall–Kier alpha value is -1.59. The molecule has 5 nitrogen and oxygen atoms in total. The molecule has 1 aliphatic rings. The van der Waals surface area contributed by atoms with E-state index < -0.39 is 0 Å². The van der Waals surface area contributed by atoms with Gasteiger partial charge in [-0.05, 0) is 32.0 Å². The van der Waals surface area contributed by atoms with Gasteiger partial charge >= 0.3 is 0 Å². The molecule has 0 bridgehead atoms. The Balaban J connectivity index is 2.06. The molecule has 0 radical (unpaired) electrons. The highest BCUT2D eigenvalue weighted by atomic mass is 16.3. The van der Waals surface area contributed by atoms with Crippen LogP contribution < -0.4 is 5.32 Å². The summed E-state index contributed by atoms with van der Waals surface area (Å²) in [5.41, 5.74) is 1.65. The van der Waals surface area contributed by atoms with Crippen molar-refractivity contribution in [2.24, 2.45) is 0 Å². The lowest BCUT2D eigenvalue weighted by molar-refractivity contribution is 0.0761. The summed E-state index contributed by atoms with van der Waals surface area (Å²) in [5, 5.41) is 12.3. The van der Waals surface area contributed by atoms with Gasteiger partial charge in [0.05, 0.1) is 12.2 Å². The Morgan fingerprint density at radius 3 is 2.81 bits per heavy atom. The average Bonchev–Trinajstić information content (AvgIpc) is 2.74. The van der Waals surface area contributed by atoms with Crippen molar-refractivity contribution < 1.29 is 9.90 Å². The van der Waals surface area contributed by atoms with E-state index in [1.165, 1.54) is 0 Å². The summed E-state index contributed by atoms with van der Waals surface area (Å²) in [6.07, 6.45) is 0.953. The number of benzene rings is 1. The van der Waals surface area contributed by atoms with E-state index in [0.29, 0.717) is 6.54 Å². The van der Waals surface area contributed by atoms with Crippen LogP contribution in [0.15, 0.2) is 24.3 Å². The lowest BCUT2D eigenvalue weighted by atomic mass is 10.1. The molecule has 0 saturated carbocycles. The third-order valence-corrected chi connectivity index (χ3v) is 3.82. The molecule has 1 heterocycles. The molecular formula is C16H25N3O2. The van der Waals surface area contributed by atoms with Crippen LogP contribution in [0.3, 0.4) is 0 Å². The van der Waals surface area contributed by atoms with Crippen molar-refractivity contribution in [3.63, 3.8) is 0 Å². The Morgan fingerprint density at radius 2 is 2.05 bits per heavy atom. The van der Waals surface area contributed by atoms with E-state index in [4.69, 9.17) is 5.11 Å². The number of anilines is 1. The minimum Gasteiger partial charge on any atom is -0.395 e. The first-order valence-electron chi connectivity index (χ1n) is 7.71. The maximum absolute atomic E-state index is 12.7. The van der Waals surface area contributed by atoms with Crippen LogP contribution in [0.25, 0.3) is 0 Å². The fourth-order valence-electron chi connectivity index (χ4n) is 2.72. The molecule has 1 saturated heterocycles. The summed E-state index contributed by atoms with van der Waals surface area (Å²) in [6, 6.07) is 7.69. The molecule has 1 aliphatic heterocycles. The second-order valence-electron chi connectivity index (χ2n) is 5.29. The number of carbonyl (C=O) groups excluding carboxylic acids is 1. The first kappa shape index (κ1) is 15.8. The van der Waals surface area contributed by atoms with Crippen LogP contribution in [0, 0.1) is 0 Å². The highest BCUT2D eigenvalue weighted by Crippen LogP contribution is 2.18. The normalized spacial score (nSPS) is 16.6. The van der Waals surface area contributed by atoms with E-state index >= 15 is 0 Å². The maximum atomic E-state index is 12.7. The minimum absolute atomic E-state index is 0.0948. The van der Waals surface area contributed by atoms with Crippen LogP contribution in [0.1, 0.15) is 23.7 Å². The summed E-state index contributed by atoms with van der Waals surface area (Å²) in [4.78, 5) is 16.9. The standard InChI is InChI=1S/C16H25N3O2/c1-2-17-15-7-4-3-6-14(15)16(21)19-9-5-8-18(10-11-19)12-13-20/h3-4,6-7,17,20H,2,5,8-13H2,1H3. The van der Waals surface area contributed by atoms with Gasteiger partial charge in [0, 0.05) is 38.4 Å². The van der Waals surface area contributed by atoms with E-state index in [-0.39, 0.29) is 12.5 Å².